The van der Waals surface area contributed by atoms with Gasteiger partial charge in [0.2, 0.25) is 9.84 Å². The van der Waals surface area contributed by atoms with Gasteiger partial charge in [-0.3, -0.25) is 0 Å². The summed E-state index contributed by atoms with van der Waals surface area (Å²) < 4.78 is 52.8. The van der Waals surface area contributed by atoms with Crippen molar-refractivity contribution in [1.29, 1.82) is 0 Å². The first-order chi connectivity index (χ1) is 10.3. The van der Waals surface area contributed by atoms with E-state index in [-0.39, 0.29) is 11.7 Å². The van der Waals surface area contributed by atoms with Crippen LogP contribution in [0.1, 0.15) is 43.0 Å². The van der Waals surface area contributed by atoms with Gasteiger partial charge >= 0.3 is 11.7 Å². The van der Waals surface area contributed by atoms with E-state index < -0.39 is 26.5 Å². The second-order valence-corrected chi connectivity index (χ2v) is 7.55. The normalized spacial score (nSPS) is 22.5. The largest absolute Gasteiger partial charge is 0.459 e. The Kier molecular flexibility index (Phi) is 5.16. The molecule has 22 heavy (non-hydrogen) atoms. The molecule has 0 bridgehead atoms. The lowest BCUT2D eigenvalue weighted by molar-refractivity contribution is 0.0155. The summed E-state index contributed by atoms with van der Waals surface area (Å²) in [6, 6.07) is 4.40. The van der Waals surface area contributed by atoms with Crippen molar-refractivity contribution in [2.75, 3.05) is 0 Å². The Balaban J connectivity index is 2.05. The standard InChI is InChI=1S/C15H18F2O4S/c1-10-3-2-4-12(9-10)21-14(18)11-5-7-13(8-6-11)22(19,20)15(16)17/h5-8,10,12,15H,2-4,9H2,1H3. The maximum Gasteiger partial charge on any atom is 0.341 e. The van der Waals surface area contributed by atoms with Crippen LogP contribution in [0.5, 0.6) is 0 Å². The first-order valence-electron chi connectivity index (χ1n) is 7.14. The van der Waals surface area contributed by atoms with Crippen LogP contribution in [0, 0.1) is 5.92 Å². The van der Waals surface area contributed by atoms with Crippen molar-refractivity contribution >= 4 is 15.8 Å². The molecule has 0 spiro atoms. The molecule has 122 valence electrons. The number of alkyl halides is 2. The molecule has 4 nitrogen and oxygen atoms in total. The lowest BCUT2D eigenvalue weighted by Gasteiger charge is -2.26. The summed E-state index contributed by atoms with van der Waals surface area (Å²) in [7, 11) is -4.64. The number of hydrogen-bond donors (Lipinski definition) is 0. The Hall–Kier alpha value is -1.50. The number of carbonyl (C=O) groups excluding carboxylic acids is 1. The van der Waals surface area contributed by atoms with Gasteiger partial charge in [-0.15, -0.1) is 0 Å². The van der Waals surface area contributed by atoms with E-state index >= 15 is 0 Å². The number of benzene rings is 1. The number of esters is 1. The molecule has 2 unspecified atom stereocenters. The van der Waals surface area contributed by atoms with E-state index in [2.05, 4.69) is 6.92 Å². The van der Waals surface area contributed by atoms with E-state index in [4.69, 9.17) is 4.74 Å². The third-order valence-corrected chi connectivity index (χ3v) is 5.21. The van der Waals surface area contributed by atoms with Gasteiger partial charge in [0.15, 0.2) is 0 Å². The second kappa shape index (κ2) is 6.73. The van der Waals surface area contributed by atoms with Crippen LogP contribution < -0.4 is 0 Å². The molecule has 0 aliphatic heterocycles. The Morgan fingerprint density at radius 3 is 2.41 bits per heavy atom. The number of hydrogen-bond acceptors (Lipinski definition) is 4. The summed E-state index contributed by atoms with van der Waals surface area (Å²) in [5.74, 6) is -3.53. The molecule has 0 N–H and O–H groups in total. The van der Waals surface area contributed by atoms with Gasteiger partial charge in [0, 0.05) is 0 Å². The molecule has 7 heteroatoms. The van der Waals surface area contributed by atoms with Crippen molar-refractivity contribution in [3.8, 4) is 0 Å². The third kappa shape index (κ3) is 3.82. The fourth-order valence-corrected chi connectivity index (χ4v) is 3.31. The summed E-state index contributed by atoms with van der Waals surface area (Å²) in [4.78, 5) is 11.5. The highest BCUT2D eigenvalue weighted by Gasteiger charge is 2.27. The summed E-state index contributed by atoms with van der Waals surface area (Å²) in [6.45, 7) is 2.10. The number of carbonyl (C=O) groups is 1. The number of halogens is 2. The van der Waals surface area contributed by atoms with Gasteiger partial charge in [-0.05, 0) is 49.4 Å². The summed E-state index contributed by atoms with van der Waals surface area (Å²) in [5.41, 5.74) is 0.159. The van der Waals surface area contributed by atoms with Gasteiger partial charge in [0.25, 0.3) is 0 Å². The number of sulfone groups is 1. The van der Waals surface area contributed by atoms with Gasteiger partial charge in [-0.25, -0.2) is 13.2 Å². The minimum Gasteiger partial charge on any atom is -0.459 e. The Morgan fingerprint density at radius 2 is 1.86 bits per heavy atom. The predicted octanol–water partition coefficient (Wildman–Crippen LogP) is 3.42. The number of ether oxygens (including phenoxy) is 1. The Morgan fingerprint density at radius 1 is 1.23 bits per heavy atom. The molecule has 2 rings (SSSR count). The molecule has 0 saturated heterocycles. The van der Waals surface area contributed by atoms with E-state index in [9.17, 15) is 22.0 Å². The molecule has 0 aromatic heterocycles. The molecule has 1 aromatic carbocycles. The molecule has 1 aliphatic carbocycles. The lowest BCUT2D eigenvalue weighted by atomic mass is 9.89. The first kappa shape index (κ1) is 16.9. The molecular weight excluding hydrogens is 314 g/mol. The van der Waals surface area contributed by atoms with Gasteiger partial charge in [-0.2, -0.15) is 8.78 Å². The summed E-state index contributed by atoms with van der Waals surface area (Å²) in [6.07, 6.45) is 3.61. The van der Waals surface area contributed by atoms with Gasteiger partial charge in [0.05, 0.1) is 10.5 Å². The van der Waals surface area contributed by atoms with Crippen LogP contribution in [0.25, 0.3) is 0 Å². The Labute approximate surface area is 128 Å². The molecule has 0 radical (unpaired) electrons. The quantitative estimate of drug-likeness (QED) is 0.793. The van der Waals surface area contributed by atoms with Crippen molar-refractivity contribution in [2.45, 2.75) is 49.4 Å². The van der Waals surface area contributed by atoms with E-state index in [1.807, 2.05) is 0 Å². The van der Waals surface area contributed by atoms with Crippen LogP contribution in [-0.2, 0) is 14.6 Å². The molecule has 0 amide bonds. The molecule has 1 aromatic rings. The minimum absolute atomic E-state index is 0.138. The topological polar surface area (TPSA) is 60.4 Å². The zero-order valence-corrected chi connectivity index (χ0v) is 13.0. The third-order valence-electron chi connectivity index (χ3n) is 3.82. The van der Waals surface area contributed by atoms with Crippen LogP contribution in [0.2, 0.25) is 0 Å². The smallest absolute Gasteiger partial charge is 0.341 e. The van der Waals surface area contributed by atoms with Crippen LogP contribution in [0.4, 0.5) is 8.78 Å². The summed E-state index contributed by atoms with van der Waals surface area (Å²) in [5, 5.41) is 0. The molecule has 2 atom stereocenters. The van der Waals surface area contributed by atoms with Crippen LogP contribution >= 0.6 is 0 Å². The minimum atomic E-state index is -4.64. The van der Waals surface area contributed by atoms with Gasteiger partial charge in [-0.1, -0.05) is 13.3 Å². The van der Waals surface area contributed by atoms with Gasteiger partial charge < -0.3 is 4.74 Å². The molecule has 0 heterocycles. The van der Waals surface area contributed by atoms with Crippen molar-refractivity contribution in [3.63, 3.8) is 0 Å². The molecule has 1 saturated carbocycles. The highest BCUT2D eigenvalue weighted by molar-refractivity contribution is 7.91. The zero-order chi connectivity index (χ0) is 16.3. The second-order valence-electron chi connectivity index (χ2n) is 5.63. The van der Waals surface area contributed by atoms with Crippen LogP contribution in [0.3, 0.4) is 0 Å². The van der Waals surface area contributed by atoms with E-state index in [0.717, 1.165) is 37.8 Å². The van der Waals surface area contributed by atoms with E-state index in [1.165, 1.54) is 12.1 Å². The molecule has 1 aliphatic rings. The van der Waals surface area contributed by atoms with Crippen molar-refractivity contribution in [3.05, 3.63) is 29.8 Å². The van der Waals surface area contributed by atoms with Crippen LogP contribution in [0.15, 0.2) is 29.2 Å². The highest BCUT2D eigenvalue weighted by atomic mass is 32.2. The number of rotatable bonds is 4. The molecule has 1 fully saturated rings. The van der Waals surface area contributed by atoms with Crippen LogP contribution in [-0.4, -0.2) is 26.2 Å². The zero-order valence-electron chi connectivity index (χ0n) is 12.2. The average molecular weight is 332 g/mol. The maximum atomic E-state index is 12.4. The fraction of sp³-hybridized carbons (Fsp3) is 0.533. The molecular formula is C15H18F2O4S. The fourth-order valence-electron chi connectivity index (χ4n) is 2.59. The maximum absolute atomic E-state index is 12.4. The Bertz CT molecular complexity index is 625. The predicted molar refractivity (Wildman–Crippen MR) is 76.5 cm³/mol. The average Bonchev–Trinajstić information content (AvgIpc) is 2.47. The lowest BCUT2D eigenvalue weighted by Crippen LogP contribution is -2.24. The van der Waals surface area contributed by atoms with E-state index in [0.29, 0.717) is 5.92 Å². The van der Waals surface area contributed by atoms with Crippen molar-refractivity contribution in [1.82, 2.24) is 0 Å². The van der Waals surface area contributed by atoms with Crippen molar-refractivity contribution in [2.24, 2.45) is 5.92 Å². The van der Waals surface area contributed by atoms with Crippen molar-refractivity contribution < 1.29 is 26.7 Å². The highest BCUT2D eigenvalue weighted by Crippen LogP contribution is 2.26. The first-order valence-corrected chi connectivity index (χ1v) is 8.68. The van der Waals surface area contributed by atoms with E-state index in [1.54, 1.807) is 0 Å². The monoisotopic (exact) mass is 332 g/mol. The SMILES string of the molecule is CC1CCCC(OC(=O)c2ccc(S(=O)(=O)C(F)F)cc2)C1. The summed E-state index contributed by atoms with van der Waals surface area (Å²) >= 11 is 0. The van der Waals surface area contributed by atoms with Gasteiger partial charge in [0.1, 0.15) is 6.10 Å².